The molecule has 2 fully saturated rings. The van der Waals surface area contributed by atoms with Crippen molar-refractivity contribution in [3.63, 3.8) is 0 Å². The normalized spacial score (nSPS) is 18.4. The molecule has 2 aromatic heterocycles. The molecule has 2 saturated heterocycles. The zero-order chi connectivity index (χ0) is 25.8. The van der Waals surface area contributed by atoms with Crippen LogP contribution in [0.5, 0.6) is 0 Å². The molecule has 2 aliphatic heterocycles. The highest BCUT2D eigenvalue weighted by molar-refractivity contribution is 6.36. The Balaban J connectivity index is 1.32. The summed E-state index contributed by atoms with van der Waals surface area (Å²) >= 11 is 6.48. The molecule has 10 heteroatoms. The molecule has 37 heavy (non-hydrogen) atoms. The van der Waals surface area contributed by atoms with Gasteiger partial charge < -0.3 is 30.3 Å². The monoisotopic (exact) mass is 520 g/mol. The van der Waals surface area contributed by atoms with Crippen LogP contribution in [0.2, 0.25) is 5.02 Å². The molecule has 4 heterocycles. The number of fused-ring (bicyclic) bond motifs is 1. The van der Waals surface area contributed by atoms with Crippen LogP contribution in [-0.4, -0.2) is 83.0 Å². The molecular weight excluding hydrogens is 488 g/mol. The standard InChI is InChI=1S/C27H33ClN8O/c1-3-4-7-23(37)36-12-5-6-20(18-36)30-26-24-22(28)17-29-25(24)32-27(33-26)31-19-8-10-21(11-9-19)35-15-13-34(2)14-16-35/h8-11,17,20H,3,5-6,12-16,18H2,1-2H3,(H3,29,30,31,32,33)/t20-/m1/s1. The van der Waals surface area contributed by atoms with Crippen molar-refractivity contribution in [1.29, 1.82) is 0 Å². The van der Waals surface area contributed by atoms with Crippen LogP contribution in [0.15, 0.2) is 30.5 Å². The number of nitrogens with one attached hydrogen (secondary N) is 3. The average molecular weight is 521 g/mol. The molecule has 0 radical (unpaired) electrons. The second-order valence-corrected chi connectivity index (χ2v) is 10.0. The predicted octanol–water partition coefficient (Wildman–Crippen LogP) is 3.92. The Morgan fingerprint density at radius 2 is 1.95 bits per heavy atom. The van der Waals surface area contributed by atoms with Crippen molar-refractivity contribution in [2.45, 2.75) is 32.2 Å². The fourth-order valence-electron chi connectivity index (χ4n) is 4.82. The number of aromatic amines is 1. The lowest BCUT2D eigenvalue weighted by Gasteiger charge is -2.34. The van der Waals surface area contributed by atoms with Gasteiger partial charge in [0.2, 0.25) is 5.95 Å². The van der Waals surface area contributed by atoms with E-state index in [-0.39, 0.29) is 11.9 Å². The molecule has 2 aliphatic rings. The molecule has 3 aromatic rings. The van der Waals surface area contributed by atoms with Crippen molar-refractivity contribution < 1.29 is 4.79 Å². The minimum Gasteiger partial charge on any atom is -0.369 e. The fourth-order valence-corrected chi connectivity index (χ4v) is 5.05. The number of nitrogens with zero attached hydrogens (tertiary/aromatic N) is 5. The number of amides is 1. The van der Waals surface area contributed by atoms with Crippen LogP contribution in [0.4, 0.5) is 23.1 Å². The number of anilines is 4. The van der Waals surface area contributed by atoms with Crippen LogP contribution in [0.1, 0.15) is 26.2 Å². The SMILES string of the molecule is CCC#CC(=O)N1CCC[C@@H](Nc2nc(Nc3ccc(N4CCN(C)CC4)cc3)nc3[nH]cc(Cl)c23)C1. The first-order valence-electron chi connectivity index (χ1n) is 12.9. The zero-order valence-corrected chi connectivity index (χ0v) is 22.1. The van der Waals surface area contributed by atoms with E-state index in [0.717, 1.165) is 56.6 Å². The Morgan fingerprint density at radius 3 is 2.70 bits per heavy atom. The lowest BCUT2D eigenvalue weighted by molar-refractivity contribution is -0.126. The van der Waals surface area contributed by atoms with E-state index in [4.69, 9.17) is 16.6 Å². The van der Waals surface area contributed by atoms with E-state index in [2.05, 4.69) is 73.6 Å². The third-order valence-corrected chi connectivity index (χ3v) is 7.19. The first-order chi connectivity index (χ1) is 18.0. The molecule has 9 nitrogen and oxygen atoms in total. The quantitative estimate of drug-likeness (QED) is 0.439. The molecule has 0 aliphatic carbocycles. The number of piperidine rings is 1. The summed E-state index contributed by atoms with van der Waals surface area (Å²) < 4.78 is 0. The Hall–Kier alpha value is -3.48. The van der Waals surface area contributed by atoms with E-state index >= 15 is 0 Å². The van der Waals surface area contributed by atoms with Crippen LogP contribution in [-0.2, 0) is 4.79 Å². The number of carbonyl (C=O) groups excluding carboxylic acids is 1. The minimum atomic E-state index is -0.122. The largest absolute Gasteiger partial charge is 0.369 e. The number of halogens is 1. The Bertz CT molecular complexity index is 1300. The van der Waals surface area contributed by atoms with Gasteiger partial charge in [0.05, 0.1) is 10.4 Å². The van der Waals surface area contributed by atoms with Gasteiger partial charge in [0.25, 0.3) is 5.91 Å². The maximum absolute atomic E-state index is 12.4. The van der Waals surface area contributed by atoms with Crippen LogP contribution in [0.25, 0.3) is 11.0 Å². The number of carbonyl (C=O) groups is 1. The summed E-state index contributed by atoms with van der Waals surface area (Å²) in [5.41, 5.74) is 2.77. The van der Waals surface area contributed by atoms with Gasteiger partial charge >= 0.3 is 0 Å². The third kappa shape index (κ3) is 5.92. The van der Waals surface area contributed by atoms with Gasteiger partial charge in [0, 0.05) is 69.3 Å². The fraction of sp³-hybridized carbons (Fsp3) is 0.444. The number of likely N-dealkylation sites (N-methyl/N-ethyl adjacent to an activating group) is 1. The summed E-state index contributed by atoms with van der Waals surface area (Å²) in [5.74, 6) is 6.60. The molecule has 1 amide bonds. The van der Waals surface area contributed by atoms with E-state index in [1.807, 2.05) is 11.8 Å². The van der Waals surface area contributed by atoms with Crippen LogP contribution >= 0.6 is 11.6 Å². The summed E-state index contributed by atoms with van der Waals surface area (Å²) in [6.45, 7) is 7.43. The van der Waals surface area contributed by atoms with E-state index < -0.39 is 0 Å². The topological polar surface area (TPSA) is 92.4 Å². The van der Waals surface area contributed by atoms with Crippen molar-refractivity contribution in [2.75, 3.05) is 61.8 Å². The van der Waals surface area contributed by atoms with E-state index in [0.29, 0.717) is 35.4 Å². The van der Waals surface area contributed by atoms with E-state index in [1.54, 1.807) is 6.20 Å². The van der Waals surface area contributed by atoms with Gasteiger partial charge in [-0.15, -0.1) is 0 Å². The first-order valence-corrected chi connectivity index (χ1v) is 13.3. The Morgan fingerprint density at radius 1 is 1.16 bits per heavy atom. The number of aromatic nitrogens is 3. The highest BCUT2D eigenvalue weighted by atomic mass is 35.5. The molecule has 3 N–H and O–H groups in total. The van der Waals surface area contributed by atoms with Gasteiger partial charge in [-0.3, -0.25) is 4.79 Å². The molecule has 194 valence electrons. The molecule has 0 spiro atoms. The van der Waals surface area contributed by atoms with Crippen molar-refractivity contribution in [3.8, 4) is 11.8 Å². The number of hydrogen-bond acceptors (Lipinski definition) is 7. The molecule has 0 unspecified atom stereocenters. The maximum Gasteiger partial charge on any atom is 0.298 e. The lowest BCUT2D eigenvalue weighted by Crippen LogP contribution is -2.44. The van der Waals surface area contributed by atoms with E-state index in [1.165, 1.54) is 5.69 Å². The smallest absolute Gasteiger partial charge is 0.298 e. The molecule has 0 bridgehead atoms. The minimum absolute atomic E-state index is 0.0425. The highest BCUT2D eigenvalue weighted by Crippen LogP contribution is 2.31. The zero-order valence-electron chi connectivity index (χ0n) is 21.4. The number of hydrogen-bond donors (Lipinski definition) is 3. The van der Waals surface area contributed by atoms with Crippen LogP contribution < -0.4 is 15.5 Å². The number of H-pyrrole nitrogens is 1. The number of piperazine rings is 1. The number of likely N-dealkylation sites (tertiary alicyclic amines) is 1. The molecule has 1 aromatic carbocycles. The first kappa shape index (κ1) is 25.2. The number of benzene rings is 1. The van der Waals surface area contributed by atoms with Gasteiger partial charge in [0.15, 0.2) is 0 Å². The summed E-state index contributed by atoms with van der Waals surface area (Å²) in [6, 6.07) is 8.41. The van der Waals surface area contributed by atoms with E-state index in [9.17, 15) is 4.79 Å². The van der Waals surface area contributed by atoms with Gasteiger partial charge in [-0.05, 0) is 50.1 Å². The van der Waals surface area contributed by atoms with Crippen molar-refractivity contribution in [1.82, 2.24) is 24.8 Å². The molecule has 1 atom stereocenters. The highest BCUT2D eigenvalue weighted by Gasteiger charge is 2.24. The van der Waals surface area contributed by atoms with Crippen molar-refractivity contribution in [3.05, 3.63) is 35.5 Å². The summed E-state index contributed by atoms with van der Waals surface area (Å²) in [6.07, 6.45) is 4.21. The Kier molecular flexibility index (Phi) is 7.68. The molecule has 5 rings (SSSR count). The summed E-state index contributed by atoms with van der Waals surface area (Å²) in [4.78, 5) is 31.6. The van der Waals surface area contributed by atoms with Crippen molar-refractivity contribution >= 4 is 51.7 Å². The van der Waals surface area contributed by atoms with Crippen LogP contribution in [0, 0.1) is 11.8 Å². The second kappa shape index (κ2) is 11.3. The predicted molar refractivity (Wildman–Crippen MR) is 150 cm³/mol. The summed E-state index contributed by atoms with van der Waals surface area (Å²) in [5, 5.41) is 8.16. The average Bonchev–Trinajstić information content (AvgIpc) is 3.29. The third-order valence-electron chi connectivity index (χ3n) is 6.90. The van der Waals surface area contributed by atoms with Gasteiger partial charge in [-0.2, -0.15) is 9.97 Å². The second-order valence-electron chi connectivity index (χ2n) is 9.61. The molecule has 0 saturated carbocycles. The van der Waals surface area contributed by atoms with Gasteiger partial charge in [-0.25, -0.2) is 0 Å². The summed E-state index contributed by atoms with van der Waals surface area (Å²) in [7, 11) is 2.16. The van der Waals surface area contributed by atoms with Gasteiger partial charge in [-0.1, -0.05) is 24.4 Å². The van der Waals surface area contributed by atoms with Crippen molar-refractivity contribution in [2.24, 2.45) is 0 Å². The Labute approximate surface area is 222 Å². The molecular formula is C27H33ClN8O. The van der Waals surface area contributed by atoms with Gasteiger partial charge in [0.1, 0.15) is 11.5 Å². The maximum atomic E-state index is 12.4. The van der Waals surface area contributed by atoms with Crippen LogP contribution in [0.3, 0.4) is 0 Å². The lowest BCUT2D eigenvalue weighted by atomic mass is 10.1. The number of rotatable bonds is 5.